The molecule has 0 unspecified atom stereocenters. The van der Waals surface area contributed by atoms with E-state index in [2.05, 4.69) is 10.1 Å². The monoisotopic (exact) mass is 428 g/mol. The second-order valence-corrected chi connectivity index (χ2v) is 7.19. The molecule has 1 heterocycles. The third-order valence-electron chi connectivity index (χ3n) is 5.54. The Kier molecular flexibility index (Phi) is 6.69. The second kappa shape index (κ2) is 9.25. The number of para-hydroxylation sites is 1. The van der Waals surface area contributed by atoms with Gasteiger partial charge in [0.25, 0.3) is 5.91 Å². The van der Waals surface area contributed by atoms with Gasteiger partial charge in [0.2, 0.25) is 0 Å². The average molecular weight is 428 g/mol. The van der Waals surface area contributed by atoms with Gasteiger partial charge in [0.15, 0.2) is 5.78 Å². The number of anilines is 1. The van der Waals surface area contributed by atoms with E-state index in [1.165, 1.54) is 31.2 Å². The average Bonchev–Trinajstić information content (AvgIpc) is 2.80. The van der Waals surface area contributed by atoms with Crippen molar-refractivity contribution in [3.8, 4) is 0 Å². The predicted molar refractivity (Wildman–Crippen MR) is 110 cm³/mol. The van der Waals surface area contributed by atoms with Crippen molar-refractivity contribution in [1.29, 1.82) is 0 Å². The molecular formula is C22H24N2O7. The van der Waals surface area contributed by atoms with Crippen molar-refractivity contribution >= 4 is 23.5 Å². The van der Waals surface area contributed by atoms with Crippen LogP contribution in [0.25, 0.3) is 0 Å². The first-order valence-corrected chi connectivity index (χ1v) is 9.59. The molecule has 0 aliphatic carbocycles. The van der Waals surface area contributed by atoms with Crippen molar-refractivity contribution in [2.75, 3.05) is 26.1 Å². The zero-order chi connectivity index (χ0) is 22.7. The number of rotatable bonds is 6. The Morgan fingerprint density at radius 1 is 1.06 bits per heavy atom. The summed E-state index contributed by atoms with van der Waals surface area (Å²) < 4.78 is 4.66. The number of hydrogen-bond donors (Lipinski definition) is 4. The highest BCUT2D eigenvalue weighted by Gasteiger charge is 2.43. The number of carbonyl (C=O) groups is 3. The number of likely N-dealkylation sites (N-methyl/N-ethyl adjacent to an activating group) is 1. The minimum atomic E-state index is -0.957. The number of nitrogens with one attached hydrogen (secondary N) is 1. The molecule has 4 N–H and O–H groups in total. The van der Waals surface area contributed by atoms with Gasteiger partial charge in [-0.05, 0) is 34.4 Å². The summed E-state index contributed by atoms with van der Waals surface area (Å²) in [6, 6.07) is 8.85. The van der Waals surface area contributed by atoms with E-state index < -0.39 is 43.0 Å². The number of carbonyl (C=O) groups excluding carboxylic acids is 3. The lowest BCUT2D eigenvalue weighted by atomic mass is 9.76. The quantitative estimate of drug-likeness (QED) is 0.545. The van der Waals surface area contributed by atoms with Crippen LogP contribution in [-0.2, 0) is 22.7 Å². The van der Waals surface area contributed by atoms with Crippen LogP contribution in [0.5, 0.6) is 0 Å². The molecule has 0 bridgehead atoms. The molecule has 9 heteroatoms. The number of benzene rings is 2. The van der Waals surface area contributed by atoms with Crippen LogP contribution in [0.15, 0.2) is 36.4 Å². The third kappa shape index (κ3) is 4.02. The highest BCUT2D eigenvalue weighted by molar-refractivity contribution is 6.02. The topological polar surface area (TPSA) is 136 Å². The van der Waals surface area contributed by atoms with Crippen LogP contribution in [0.1, 0.15) is 44.6 Å². The third-order valence-corrected chi connectivity index (χ3v) is 5.54. The summed E-state index contributed by atoms with van der Waals surface area (Å²) in [7, 11) is 2.75. The molecule has 1 aliphatic heterocycles. The number of methoxy groups -OCH3 is 1. The first-order chi connectivity index (χ1) is 14.9. The number of Topliss-reactive ketones (excluding diaryl/α,β-unsaturated/α-hetero) is 1. The Morgan fingerprint density at radius 2 is 1.71 bits per heavy atom. The molecule has 3 rings (SSSR count). The summed E-state index contributed by atoms with van der Waals surface area (Å²) >= 11 is 0. The molecule has 2 aromatic carbocycles. The van der Waals surface area contributed by atoms with Gasteiger partial charge in [-0.1, -0.05) is 24.3 Å². The smallest absolute Gasteiger partial charge is 0.411 e. The van der Waals surface area contributed by atoms with Gasteiger partial charge in [-0.15, -0.1) is 0 Å². The van der Waals surface area contributed by atoms with Crippen molar-refractivity contribution in [3.05, 3.63) is 64.2 Å². The highest BCUT2D eigenvalue weighted by Crippen LogP contribution is 2.45. The fourth-order valence-corrected chi connectivity index (χ4v) is 4.02. The van der Waals surface area contributed by atoms with E-state index in [1.807, 2.05) is 0 Å². The normalized spacial score (nSPS) is 17.8. The Morgan fingerprint density at radius 3 is 2.32 bits per heavy atom. The maximum absolute atomic E-state index is 13.2. The highest BCUT2D eigenvalue weighted by atomic mass is 16.5. The number of amides is 2. The molecule has 0 saturated heterocycles. The summed E-state index contributed by atoms with van der Waals surface area (Å²) in [4.78, 5) is 39.3. The SMILES string of the molecule is COC(=O)Nc1ccccc1[C@@H]1[C@@H](C(=O)CO)c2cc(CO)c(CO)cc2C(=O)N1C. The molecule has 31 heavy (non-hydrogen) atoms. The summed E-state index contributed by atoms with van der Waals surface area (Å²) in [5.74, 6) is -1.88. The molecule has 9 nitrogen and oxygen atoms in total. The van der Waals surface area contributed by atoms with Crippen LogP contribution in [0, 0.1) is 0 Å². The zero-order valence-electron chi connectivity index (χ0n) is 17.2. The number of fused-ring (bicyclic) bond motifs is 1. The van der Waals surface area contributed by atoms with Gasteiger partial charge < -0.3 is 25.0 Å². The van der Waals surface area contributed by atoms with E-state index in [4.69, 9.17) is 0 Å². The van der Waals surface area contributed by atoms with E-state index in [0.29, 0.717) is 27.9 Å². The predicted octanol–water partition coefficient (Wildman–Crippen LogP) is 1.32. The van der Waals surface area contributed by atoms with Gasteiger partial charge in [-0.25, -0.2) is 4.79 Å². The number of ketones is 1. The molecule has 0 radical (unpaired) electrons. The lowest BCUT2D eigenvalue weighted by Crippen LogP contribution is -2.43. The summed E-state index contributed by atoms with van der Waals surface area (Å²) in [5, 5.41) is 31.6. The van der Waals surface area contributed by atoms with Crippen molar-refractivity contribution in [2.45, 2.75) is 25.2 Å². The van der Waals surface area contributed by atoms with Gasteiger partial charge in [0.1, 0.15) is 6.61 Å². The molecule has 0 aromatic heterocycles. The van der Waals surface area contributed by atoms with Crippen LogP contribution in [0.3, 0.4) is 0 Å². The number of nitrogens with zero attached hydrogens (tertiary/aromatic N) is 1. The molecule has 2 atom stereocenters. The van der Waals surface area contributed by atoms with Crippen LogP contribution in [0.4, 0.5) is 10.5 Å². The number of aliphatic hydroxyl groups excluding tert-OH is 3. The molecule has 0 spiro atoms. The van der Waals surface area contributed by atoms with Crippen molar-refractivity contribution in [3.63, 3.8) is 0 Å². The first-order valence-electron chi connectivity index (χ1n) is 9.59. The molecule has 0 saturated carbocycles. The van der Waals surface area contributed by atoms with Crippen molar-refractivity contribution in [2.24, 2.45) is 0 Å². The van der Waals surface area contributed by atoms with Crippen LogP contribution >= 0.6 is 0 Å². The molecule has 164 valence electrons. The number of ether oxygens (including phenoxy) is 1. The van der Waals surface area contributed by atoms with Gasteiger partial charge in [-0.2, -0.15) is 0 Å². The summed E-state index contributed by atoms with van der Waals surface area (Å²) in [6.07, 6.45) is -0.710. The fraction of sp³-hybridized carbons (Fsp3) is 0.318. The molecule has 2 aromatic rings. The van der Waals surface area contributed by atoms with E-state index in [1.54, 1.807) is 24.3 Å². The minimum absolute atomic E-state index is 0.213. The number of aliphatic hydroxyl groups is 3. The summed E-state index contributed by atoms with van der Waals surface area (Å²) in [5.41, 5.74) is 2.16. The first kappa shape index (κ1) is 22.4. The van der Waals surface area contributed by atoms with Gasteiger partial charge in [-0.3, -0.25) is 14.9 Å². The van der Waals surface area contributed by atoms with Gasteiger partial charge >= 0.3 is 6.09 Å². The number of hydrogen-bond acceptors (Lipinski definition) is 7. The van der Waals surface area contributed by atoms with Crippen molar-refractivity contribution < 1.29 is 34.4 Å². The largest absolute Gasteiger partial charge is 0.453 e. The Labute approximate surface area is 178 Å². The Bertz CT molecular complexity index is 1020. The van der Waals surface area contributed by atoms with Gasteiger partial charge in [0.05, 0.1) is 32.3 Å². The van der Waals surface area contributed by atoms with Crippen LogP contribution < -0.4 is 5.32 Å². The minimum Gasteiger partial charge on any atom is -0.453 e. The van der Waals surface area contributed by atoms with Crippen LogP contribution in [-0.4, -0.2) is 58.8 Å². The second-order valence-electron chi connectivity index (χ2n) is 7.19. The van der Waals surface area contributed by atoms with Crippen molar-refractivity contribution in [1.82, 2.24) is 4.90 Å². The Balaban J connectivity index is 2.24. The van der Waals surface area contributed by atoms with Gasteiger partial charge in [0, 0.05) is 18.3 Å². The van der Waals surface area contributed by atoms with E-state index in [9.17, 15) is 29.7 Å². The molecule has 0 fully saturated rings. The lowest BCUT2D eigenvalue weighted by Gasteiger charge is -2.40. The molecular weight excluding hydrogens is 404 g/mol. The molecule has 2 amide bonds. The maximum atomic E-state index is 13.2. The zero-order valence-corrected chi connectivity index (χ0v) is 17.2. The lowest BCUT2D eigenvalue weighted by molar-refractivity contribution is -0.124. The maximum Gasteiger partial charge on any atom is 0.411 e. The molecule has 1 aliphatic rings. The Hall–Kier alpha value is -3.27. The fourth-order valence-electron chi connectivity index (χ4n) is 4.02. The van der Waals surface area contributed by atoms with Crippen LogP contribution in [0.2, 0.25) is 0 Å². The van der Waals surface area contributed by atoms with E-state index in [0.717, 1.165) is 0 Å². The standard InChI is InChI=1S/C22H24N2O7/c1-24-20(14-5-3-4-6-17(14)23-22(30)31-2)19(18(28)11-27)15-7-12(9-25)13(10-26)8-16(15)21(24)29/h3-8,19-20,25-27H,9-11H2,1-2H3,(H,23,30)/t19-,20-/m1/s1. The van der Waals surface area contributed by atoms with E-state index in [-0.39, 0.29) is 12.2 Å². The summed E-state index contributed by atoms with van der Waals surface area (Å²) in [6.45, 7) is -1.53. The van der Waals surface area contributed by atoms with E-state index >= 15 is 0 Å².